The summed E-state index contributed by atoms with van der Waals surface area (Å²) in [7, 11) is 0. The van der Waals surface area contributed by atoms with Crippen LogP contribution in [-0.4, -0.2) is 30.2 Å². The van der Waals surface area contributed by atoms with Crippen LogP contribution in [-0.2, 0) is 6.18 Å². The Bertz CT molecular complexity index is 1120. The summed E-state index contributed by atoms with van der Waals surface area (Å²) in [6.45, 7) is 0. The average Bonchev–Trinajstić information content (AvgIpc) is 3.18. The molecule has 0 fully saturated rings. The van der Waals surface area contributed by atoms with Crippen molar-refractivity contribution in [3.05, 3.63) is 66.4 Å². The van der Waals surface area contributed by atoms with Crippen molar-refractivity contribution >= 4 is 5.95 Å². The van der Waals surface area contributed by atoms with Gasteiger partial charge >= 0.3 is 6.18 Å². The monoisotopic (exact) mass is 383 g/mol. The molecule has 0 atom stereocenters. The minimum Gasteiger partial charge on any atom is -0.368 e. The summed E-state index contributed by atoms with van der Waals surface area (Å²) in [5, 5.41) is 11.7. The summed E-state index contributed by atoms with van der Waals surface area (Å²) in [4.78, 5) is 8.11. The van der Waals surface area contributed by atoms with Crippen molar-refractivity contribution in [2.75, 3.05) is 5.73 Å². The lowest BCUT2D eigenvalue weighted by Gasteiger charge is -2.12. The van der Waals surface area contributed by atoms with E-state index < -0.39 is 11.7 Å². The fourth-order valence-corrected chi connectivity index (χ4v) is 2.72. The second kappa shape index (κ2) is 6.72. The van der Waals surface area contributed by atoms with Gasteiger partial charge in [0.2, 0.25) is 5.95 Å². The van der Waals surface area contributed by atoms with Crippen molar-refractivity contribution in [2.45, 2.75) is 6.18 Å². The van der Waals surface area contributed by atoms with Gasteiger partial charge in [0.05, 0.1) is 22.5 Å². The Labute approximate surface area is 156 Å². The maximum Gasteiger partial charge on any atom is 0.416 e. The van der Waals surface area contributed by atoms with Crippen molar-refractivity contribution in [3.63, 3.8) is 0 Å². The highest BCUT2D eigenvalue weighted by Crippen LogP contribution is 2.35. The summed E-state index contributed by atoms with van der Waals surface area (Å²) < 4.78 is 40.8. The van der Waals surface area contributed by atoms with E-state index >= 15 is 0 Å². The number of nitrogens with zero attached hydrogens (tertiary/aromatic N) is 6. The summed E-state index contributed by atoms with van der Waals surface area (Å²) in [5.74, 6) is 0.202. The number of rotatable bonds is 3. The van der Waals surface area contributed by atoms with Crippen molar-refractivity contribution in [1.82, 2.24) is 30.2 Å². The molecule has 0 aliphatic carbocycles. The van der Waals surface area contributed by atoms with Gasteiger partial charge in [-0.1, -0.05) is 30.3 Å². The third-order valence-electron chi connectivity index (χ3n) is 3.98. The lowest BCUT2D eigenvalue weighted by Crippen LogP contribution is -2.06. The normalized spacial score (nSPS) is 11.5. The number of hydrogen-bond acceptors (Lipinski definition) is 6. The van der Waals surface area contributed by atoms with Gasteiger partial charge in [0.15, 0.2) is 5.82 Å². The van der Waals surface area contributed by atoms with Gasteiger partial charge in [-0.2, -0.15) is 17.9 Å². The topological polar surface area (TPSA) is 95.4 Å². The number of aromatic nitrogens is 6. The molecule has 0 bridgehead atoms. The highest BCUT2D eigenvalue weighted by molar-refractivity contribution is 5.78. The summed E-state index contributed by atoms with van der Waals surface area (Å²) in [6.07, 6.45) is -3.09. The zero-order valence-corrected chi connectivity index (χ0v) is 14.2. The van der Waals surface area contributed by atoms with E-state index in [-0.39, 0.29) is 23.0 Å². The first-order chi connectivity index (χ1) is 13.4. The second-order valence-electron chi connectivity index (χ2n) is 5.82. The fourth-order valence-electron chi connectivity index (χ4n) is 2.72. The van der Waals surface area contributed by atoms with Crippen LogP contribution in [0.15, 0.2) is 60.8 Å². The van der Waals surface area contributed by atoms with Crippen LogP contribution in [0, 0.1) is 0 Å². The molecule has 2 N–H and O–H groups in total. The first kappa shape index (κ1) is 17.6. The number of halogens is 3. The maximum atomic E-state index is 13.1. The Balaban J connectivity index is 1.90. The largest absolute Gasteiger partial charge is 0.416 e. The van der Waals surface area contributed by atoms with Crippen LogP contribution in [0.25, 0.3) is 28.3 Å². The zero-order chi connectivity index (χ0) is 19.7. The molecule has 0 saturated carbocycles. The molecule has 28 heavy (non-hydrogen) atoms. The molecule has 0 aliphatic rings. The molecule has 0 amide bonds. The number of anilines is 1. The number of para-hydroxylation sites is 1. The first-order valence-electron chi connectivity index (χ1n) is 8.08. The van der Waals surface area contributed by atoms with Crippen LogP contribution >= 0.6 is 0 Å². The van der Waals surface area contributed by atoms with Gasteiger partial charge in [0.1, 0.15) is 0 Å². The summed E-state index contributed by atoms with van der Waals surface area (Å²) in [5.41, 5.74) is 6.34. The van der Waals surface area contributed by atoms with Crippen molar-refractivity contribution in [3.8, 4) is 28.3 Å². The predicted octanol–water partition coefficient (Wildman–Crippen LogP) is 3.39. The smallest absolute Gasteiger partial charge is 0.368 e. The highest BCUT2D eigenvalue weighted by Gasteiger charge is 2.31. The molecule has 10 heteroatoms. The van der Waals surface area contributed by atoms with Crippen molar-refractivity contribution < 1.29 is 13.2 Å². The molecule has 4 aromatic rings. The lowest BCUT2D eigenvalue weighted by molar-refractivity contribution is -0.137. The SMILES string of the molecule is Nc1ncc(-c2nnnn2-c2ccccc2)c(-c2cccc(C(F)(F)F)c2)n1. The van der Waals surface area contributed by atoms with Crippen molar-refractivity contribution in [2.24, 2.45) is 0 Å². The van der Waals surface area contributed by atoms with Gasteiger partial charge in [0.25, 0.3) is 0 Å². The van der Waals surface area contributed by atoms with E-state index in [1.807, 2.05) is 18.2 Å². The lowest BCUT2D eigenvalue weighted by atomic mass is 10.0. The van der Waals surface area contributed by atoms with Gasteiger partial charge in [-0.3, -0.25) is 0 Å². The summed E-state index contributed by atoms with van der Waals surface area (Å²) >= 11 is 0. The van der Waals surface area contributed by atoms with E-state index in [4.69, 9.17) is 5.73 Å². The molecule has 7 nitrogen and oxygen atoms in total. The molecule has 2 aromatic heterocycles. The van der Waals surface area contributed by atoms with E-state index in [1.165, 1.54) is 23.0 Å². The Morgan fingerprint density at radius 2 is 1.75 bits per heavy atom. The van der Waals surface area contributed by atoms with Crippen molar-refractivity contribution in [1.29, 1.82) is 0 Å². The van der Waals surface area contributed by atoms with Crippen LogP contribution in [0.5, 0.6) is 0 Å². The molecule has 0 radical (unpaired) electrons. The van der Waals surface area contributed by atoms with Gasteiger partial charge in [0, 0.05) is 11.8 Å². The molecule has 2 heterocycles. The number of tetrazole rings is 1. The molecule has 0 saturated heterocycles. The molecule has 140 valence electrons. The van der Waals surface area contributed by atoms with E-state index in [0.29, 0.717) is 11.3 Å². The standard InChI is InChI=1S/C18H12F3N7/c19-18(20,21)12-6-4-5-11(9-12)15-14(10-23-17(22)24-15)16-25-26-27-28(16)13-7-2-1-3-8-13/h1-10H,(H2,22,23,24). The molecule has 0 aliphatic heterocycles. The van der Waals surface area contributed by atoms with Gasteiger partial charge < -0.3 is 5.73 Å². The van der Waals surface area contributed by atoms with Gasteiger partial charge in [-0.15, -0.1) is 5.10 Å². The summed E-state index contributed by atoms with van der Waals surface area (Å²) in [6, 6.07) is 13.9. The molecule has 0 unspecified atom stereocenters. The van der Waals surface area contributed by atoms with E-state index in [1.54, 1.807) is 12.1 Å². The van der Waals surface area contributed by atoms with Gasteiger partial charge in [-0.25, -0.2) is 9.97 Å². The van der Waals surface area contributed by atoms with E-state index in [2.05, 4.69) is 25.5 Å². The molecule has 2 aromatic carbocycles. The Morgan fingerprint density at radius 1 is 0.964 bits per heavy atom. The highest BCUT2D eigenvalue weighted by atomic mass is 19.4. The molecule has 4 rings (SSSR count). The average molecular weight is 383 g/mol. The van der Waals surface area contributed by atoms with Gasteiger partial charge in [-0.05, 0) is 34.7 Å². The first-order valence-corrected chi connectivity index (χ1v) is 8.08. The zero-order valence-electron chi connectivity index (χ0n) is 14.2. The van der Waals surface area contributed by atoms with Crippen LogP contribution in [0.4, 0.5) is 19.1 Å². The number of hydrogen-bond donors (Lipinski definition) is 1. The Morgan fingerprint density at radius 3 is 2.50 bits per heavy atom. The third-order valence-corrected chi connectivity index (χ3v) is 3.98. The predicted molar refractivity (Wildman–Crippen MR) is 95.0 cm³/mol. The quantitative estimate of drug-likeness (QED) is 0.583. The van der Waals surface area contributed by atoms with E-state index in [0.717, 1.165) is 12.1 Å². The minimum absolute atomic E-state index is 0.0742. The fraction of sp³-hybridized carbons (Fsp3) is 0.0556. The van der Waals surface area contributed by atoms with Crippen LogP contribution in [0.2, 0.25) is 0 Å². The maximum absolute atomic E-state index is 13.1. The molecular formula is C18H12F3N7. The van der Waals surface area contributed by atoms with Crippen LogP contribution < -0.4 is 5.73 Å². The number of alkyl halides is 3. The second-order valence-corrected chi connectivity index (χ2v) is 5.82. The number of nitrogens with two attached hydrogens (primary N) is 1. The number of nitrogen functional groups attached to an aromatic ring is 1. The van der Waals surface area contributed by atoms with Crippen LogP contribution in [0.1, 0.15) is 5.56 Å². The minimum atomic E-state index is -4.49. The Kier molecular flexibility index (Phi) is 4.22. The van der Waals surface area contributed by atoms with E-state index in [9.17, 15) is 13.2 Å². The third kappa shape index (κ3) is 3.27. The Hall–Kier alpha value is -3.82. The molecular weight excluding hydrogens is 371 g/mol. The van der Waals surface area contributed by atoms with Crippen LogP contribution in [0.3, 0.4) is 0 Å². The molecule has 0 spiro atoms. The number of benzene rings is 2.